The molecule has 0 amide bonds. The quantitative estimate of drug-likeness (QED) is 0.792. The van der Waals surface area contributed by atoms with Crippen molar-refractivity contribution in [1.82, 2.24) is 10.2 Å². The zero-order chi connectivity index (χ0) is 11.8. The summed E-state index contributed by atoms with van der Waals surface area (Å²) >= 11 is 0. The summed E-state index contributed by atoms with van der Waals surface area (Å²) in [6.07, 6.45) is 5.91. The van der Waals surface area contributed by atoms with Gasteiger partial charge in [-0.1, -0.05) is 0 Å². The molecule has 0 radical (unpaired) electrons. The third kappa shape index (κ3) is 1.69. The molecular formula is C13H14FN3. The zero-order valence-corrected chi connectivity index (χ0v) is 9.46. The van der Waals surface area contributed by atoms with Crippen molar-refractivity contribution in [2.75, 3.05) is 5.73 Å². The highest BCUT2D eigenvalue weighted by Gasteiger charge is 2.16. The van der Waals surface area contributed by atoms with E-state index < -0.39 is 0 Å². The number of nitrogens with two attached hydrogens (primary N) is 1. The van der Waals surface area contributed by atoms with E-state index in [0.717, 1.165) is 24.8 Å². The topological polar surface area (TPSA) is 54.7 Å². The van der Waals surface area contributed by atoms with Gasteiger partial charge in [0, 0.05) is 11.1 Å². The monoisotopic (exact) mass is 231 g/mol. The maximum atomic E-state index is 14.0. The Morgan fingerprint density at radius 1 is 1.12 bits per heavy atom. The summed E-state index contributed by atoms with van der Waals surface area (Å²) < 4.78 is 14.0. The average molecular weight is 231 g/mol. The standard InChI is InChI=1S/C13H14FN3/c14-12-6-9-4-2-1-3-8(9)5-10(12)11-7-16-17-13(11)15/h5-7H,1-4H2,(H3,15,16,17). The van der Waals surface area contributed by atoms with Crippen molar-refractivity contribution in [2.24, 2.45) is 0 Å². The molecule has 3 N–H and O–H groups in total. The largest absolute Gasteiger partial charge is 0.384 e. The van der Waals surface area contributed by atoms with Crippen LogP contribution in [-0.4, -0.2) is 10.2 Å². The van der Waals surface area contributed by atoms with E-state index in [4.69, 9.17) is 5.73 Å². The molecule has 1 aromatic carbocycles. The number of fused-ring (bicyclic) bond motifs is 1. The van der Waals surface area contributed by atoms with E-state index in [1.54, 1.807) is 12.3 Å². The minimum atomic E-state index is -0.209. The van der Waals surface area contributed by atoms with Crippen molar-refractivity contribution in [3.63, 3.8) is 0 Å². The van der Waals surface area contributed by atoms with E-state index in [1.165, 1.54) is 12.0 Å². The molecule has 0 spiro atoms. The summed E-state index contributed by atoms with van der Waals surface area (Å²) in [6, 6.07) is 3.57. The van der Waals surface area contributed by atoms with Crippen LogP contribution in [0.1, 0.15) is 24.0 Å². The molecule has 0 fully saturated rings. The van der Waals surface area contributed by atoms with Crippen molar-refractivity contribution in [3.05, 3.63) is 35.3 Å². The number of aromatic amines is 1. The minimum Gasteiger partial charge on any atom is -0.384 e. The Hall–Kier alpha value is -1.84. The van der Waals surface area contributed by atoms with Crippen LogP contribution in [0.15, 0.2) is 18.3 Å². The Kier molecular flexibility index (Phi) is 2.35. The fraction of sp³-hybridized carbons (Fsp3) is 0.308. The van der Waals surface area contributed by atoms with Gasteiger partial charge in [0.25, 0.3) is 0 Å². The number of rotatable bonds is 1. The number of H-pyrrole nitrogens is 1. The summed E-state index contributed by atoms with van der Waals surface area (Å²) in [5, 5.41) is 6.47. The van der Waals surface area contributed by atoms with Crippen molar-refractivity contribution in [2.45, 2.75) is 25.7 Å². The highest BCUT2D eigenvalue weighted by Crippen LogP contribution is 2.31. The van der Waals surface area contributed by atoms with Crippen molar-refractivity contribution < 1.29 is 4.39 Å². The third-order valence-electron chi connectivity index (χ3n) is 3.39. The summed E-state index contributed by atoms with van der Waals surface area (Å²) in [6.45, 7) is 0. The Balaban J connectivity index is 2.15. The van der Waals surface area contributed by atoms with Gasteiger partial charge in [-0.15, -0.1) is 0 Å². The lowest BCUT2D eigenvalue weighted by Crippen LogP contribution is -2.04. The van der Waals surface area contributed by atoms with Gasteiger partial charge in [-0.3, -0.25) is 5.10 Å². The molecule has 1 heterocycles. The zero-order valence-electron chi connectivity index (χ0n) is 9.46. The molecule has 0 bridgehead atoms. The number of aryl methyl sites for hydroxylation is 2. The van der Waals surface area contributed by atoms with Crippen molar-refractivity contribution in [3.8, 4) is 11.1 Å². The molecule has 2 aromatic rings. The van der Waals surface area contributed by atoms with Crippen LogP contribution >= 0.6 is 0 Å². The van der Waals surface area contributed by atoms with Crippen LogP contribution in [0.3, 0.4) is 0 Å². The van der Waals surface area contributed by atoms with Gasteiger partial charge in [0.05, 0.1) is 6.20 Å². The van der Waals surface area contributed by atoms with Gasteiger partial charge >= 0.3 is 0 Å². The molecule has 88 valence electrons. The van der Waals surface area contributed by atoms with E-state index >= 15 is 0 Å². The fourth-order valence-electron chi connectivity index (χ4n) is 2.47. The number of nitrogens with one attached hydrogen (secondary N) is 1. The first-order chi connectivity index (χ1) is 8.25. The molecular weight excluding hydrogens is 217 g/mol. The molecule has 1 aliphatic carbocycles. The van der Waals surface area contributed by atoms with Gasteiger partial charge in [0.2, 0.25) is 0 Å². The van der Waals surface area contributed by atoms with E-state index in [2.05, 4.69) is 10.2 Å². The number of hydrogen-bond donors (Lipinski definition) is 2. The lowest BCUT2D eigenvalue weighted by molar-refractivity contribution is 0.617. The highest BCUT2D eigenvalue weighted by molar-refractivity contribution is 5.74. The lowest BCUT2D eigenvalue weighted by Gasteiger charge is -2.17. The molecule has 0 atom stereocenters. The van der Waals surface area contributed by atoms with Crippen LogP contribution in [0.2, 0.25) is 0 Å². The Morgan fingerprint density at radius 3 is 2.47 bits per heavy atom. The fourth-order valence-corrected chi connectivity index (χ4v) is 2.47. The number of nitrogen functional groups attached to an aromatic ring is 1. The van der Waals surface area contributed by atoms with E-state index in [-0.39, 0.29) is 5.82 Å². The molecule has 0 aliphatic heterocycles. The molecule has 3 rings (SSSR count). The van der Waals surface area contributed by atoms with Gasteiger partial charge in [0.1, 0.15) is 11.6 Å². The van der Waals surface area contributed by atoms with Crippen LogP contribution < -0.4 is 5.73 Å². The number of benzene rings is 1. The van der Waals surface area contributed by atoms with E-state index in [0.29, 0.717) is 16.9 Å². The van der Waals surface area contributed by atoms with Crippen LogP contribution in [0, 0.1) is 5.82 Å². The molecule has 1 aliphatic rings. The van der Waals surface area contributed by atoms with Crippen molar-refractivity contribution >= 4 is 5.82 Å². The van der Waals surface area contributed by atoms with Crippen LogP contribution in [0.4, 0.5) is 10.2 Å². The van der Waals surface area contributed by atoms with Gasteiger partial charge in [-0.05, 0) is 48.9 Å². The molecule has 4 heteroatoms. The van der Waals surface area contributed by atoms with Gasteiger partial charge in [0.15, 0.2) is 0 Å². The van der Waals surface area contributed by atoms with Crippen LogP contribution in [0.5, 0.6) is 0 Å². The summed E-state index contributed by atoms with van der Waals surface area (Å²) in [7, 11) is 0. The number of aromatic nitrogens is 2. The Morgan fingerprint density at radius 2 is 1.82 bits per heavy atom. The first-order valence-corrected chi connectivity index (χ1v) is 5.86. The lowest BCUT2D eigenvalue weighted by atomic mass is 9.89. The Bertz CT molecular complexity index is 560. The second-order valence-electron chi connectivity index (χ2n) is 4.51. The first-order valence-electron chi connectivity index (χ1n) is 5.86. The smallest absolute Gasteiger partial charge is 0.131 e. The second-order valence-corrected chi connectivity index (χ2v) is 4.51. The summed E-state index contributed by atoms with van der Waals surface area (Å²) in [5.41, 5.74) is 9.32. The normalized spacial score (nSPS) is 14.6. The molecule has 0 saturated heterocycles. The highest BCUT2D eigenvalue weighted by atomic mass is 19.1. The summed E-state index contributed by atoms with van der Waals surface area (Å²) in [5.74, 6) is 0.207. The average Bonchev–Trinajstić information content (AvgIpc) is 2.74. The second kappa shape index (κ2) is 3.87. The SMILES string of the molecule is Nc1[nH]ncc1-c1cc2c(cc1F)CCCC2. The molecule has 0 saturated carbocycles. The van der Waals surface area contributed by atoms with Crippen molar-refractivity contribution in [1.29, 1.82) is 0 Å². The number of hydrogen-bond acceptors (Lipinski definition) is 2. The number of halogens is 1. The minimum absolute atomic E-state index is 0.209. The third-order valence-corrected chi connectivity index (χ3v) is 3.39. The maximum absolute atomic E-state index is 14.0. The predicted molar refractivity (Wildman–Crippen MR) is 65.0 cm³/mol. The van der Waals surface area contributed by atoms with Gasteiger partial charge < -0.3 is 5.73 Å². The molecule has 3 nitrogen and oxygen atoms in total. The van der Waals surface area contributed by atoms with Gasteiger partial charge in [-0.2, -0.15) is 5.10 Å². The van der Waals surface area contributed by atoms with Crippen LogP contribution in [0.25, 0.3) is 11.1 Å². The molecule has 17 heavy (non-hydrogen) atoms. The molecule has 1 aromatic heterocycles. The van der Waals surface area contributed by atoms with E-state index in [1.807, 2.05) is 6.07 Å². The maximum Gasteiger partial charge on any atom is 0.131 e. The first kappa shape index (κ1) is 10.3. The predicted octanol–water partition coefficient (Wildman–Crippen LogP) is 2.68. The Labute approximate surface area is 98.8 Å². The van der Waals surface area contributed by atoms with E-state index in [9.17, 15) is 4.39 Å². The molecule has 0 unspecified atom stereocenters. The van der Waals surface area contributed by atoms with Crippen LogP contribution in [-0.2, 0) is 12.8 Å². The number of anilines is 1. The van der Waals surface area contributed by atoms with Gasteiger partial charge in [-0.25, -0.2) is 4.39 Å². The summed E-state index contributed by atoms with van der Waals surface area (Å²) in [4.78, 5) is 0. The number of nitrogens with zero attached hydrogens (tertiary/aromatic N) is 1.